The molecular formula is C19H21FN2O4. The SMILES string of the molecule is CCOC(=O)NCCC(=O)Nc1cccc(COc2cccc(F)c2)c1. The topological polar surface area (TPSA) is 76.7 Å². The van der Waals surface area contributed by atoms with Gasteiger partial charge in [-0.15, -0.1) is 0 Å². The van der Waals surface area contributed by atoms with E-state index in [1.807, 2.05) is 6.07 Å². The zero-order valence-corrected chi connectivity index (χ0v) is 14.5. The van der Waals surface area contributed by atoms with E-state index in [-0.39, 0.29) is 37.9 Å². The lowest BCUT2D eigenvalue weighted by atomic mass is 10.2. The quantitative estimate of drug-likeness (QED) is 0.756. The van der Waals surface area contributed by atoms with Gasteiger partial charge in [0.05, 0.1) is 6.61 Å². The van der Waals surface area contributed by atoms with Gasteiger partial charge in [0.15, 0.2) is 0 Å². The van der Waals surface area contributed by atoms with Crippen molar-refractivity contribution in [2.24, 2.45) is 0 Å². The number of amides is 2. The van der Waals surface area contributed by atoms with Crippen LogP contribution in [0.4, 0.5) is 14.9 Å². The first-order valence-electron chi connectivity index (χ1n) is 8.24. The highest BCUT2D eigenvalue weighted by atomic mass is 19.1. The Hall–Kier alpha value is -3.09. The Bertz CT molecular complexity index is 752. The second-order valence-electron chi connectivity index (χ2n) is 5.39. The Morgan fingerprint density at radius 2 is 1.92 bits per heavy atom. The molecular weight excluding hydrogens is 339 g/mol. The zero-order valence-electron chi connectivity index (χ0n) is 14.5. The van der Waals surface area contributed by atoms with Crippen LogP contribution in [0.2, 0.25) is 0 Å². The smallest absolute Gasteiger partial charge is 0.407 e. The molecule has 2 N–H and O–H groups in total. The van der Waals surface area contributed by atoms with E-state index in [1.54, 1.807) is 37.3 Å². The molecule has 6 nitrogen and oxygen atoms in total. The fourth-order valence-electron chi connectivity index (χ4n) is 2.15. The summed E-state index contributed by atoms with van der Waals surface area (Å²) in [6.07, 6.45) is -0.417. The van der Waals surface area contributed by atoms with E-state index in [0.29, 0.717) is 11.4 Å². The van der Waals surface area contributed by atoms with E-state index >= 15 is 0 Å². The van der Waals surface area contributed by atoms with E-state index in [4.69, 9.17) is 9.47 Å². The molecule has 0 aromatic heterocycles. The number of halogens is 1. The van der Waals surface area contributed by atoms with E-state index in [0.717, 1.165) is 5.56 Å². The molecule has 0 aliphatic rings. The van der Waals surface area contributed by atoms with Crippen LogP contribution < -0.4 is 15.4 Å². The minimum Gasteiger partial charge on any atom is -0.489 e. The third-order valence-corrected chi connectivity index (χ3v) is 3.31. The molecule has 2 aromatic carbocycles. The molecule has 2 rings (SSSR count). The Morgan fingerprint density at radius 3 is 2.69 bits per heavy atom. The van der Waals surface area contributed by atoms with Crippen molar-refractivity contribution >= 4 is 17.7 Å². The third-order valence-electron chi connectivity index (χ3n) is 3.31. The molecule has 26 heavy (non-hydrogen) atoms. The van der Waals surface area contributed by atoms with Gasteiger partial charge in [0.25, 0.3) is 0 Å². The standard InChI is InChI=1S/C19H21FN2O4/c1-2-25-19(24)21-10-9-18(23)22-16-7-3-5-14(11-16)13-26-17-8-4-6-15(20)12-17/h3-8,11-12H,2,9-10,13H2,1H3,(H,21,24)(H,22,23). The van der Waals surface area contributed by atoms with Gasteiger partial charge in [-0.2, -0.15) is 0 Å². The van der Waals surface area contributed by atoms with Crippen LogP contribution in [-0.4, -0.2) is 25.2 Å². The van der Waals surface area contributed by atoms with Crippen molar-refractivity contribution in [2.45, 2.75) is 20.0 Å². The monoisotopic (exact) mass is 360 g/mol. The molecule has 0 aliphatic heterocycles. The number of rotatable bonds is 8. The van der Waals surface area contributed by atoms with Crippen LogP contribution in [-0.2, 0) is 16.1 Å². The molecule has 0 spiro atoms. The molecule has 138 valence electrons. The van der Waals surface area contributed by atoms with Crippen molar-refractivity contribution in [3.63, 3.8) is 0 Å². The van der Waals surface area contributed by atoms with Gasteiger partial charge in [0.1, 0.15) is 18.2 Å². The molecule has 0 unspecified atom stereocenters. The number of hydrogen-bond donors (Lipinski definition) is 2. The molecule has 0 bridgehead atoms. The number of nitrogens with one attached hydrogen (secondary N) is 2. The molecule has 2 amide bonds. The molecule has 0 saturated heterocycles. The van der Waals surface area contributed by atoms with Crippen molar-refractivity contribution < 1.29 is 23.5 Å². The normalized spacial score (nSPS) is 10.1. The molecule has 0 radical (unpaired) electrons. The summed E-state index contributed by atoms with van der Waals surface area (Å²) in [5.74, 6) is -0.158. The summed E-state index contributed by atoms with van der Waals surface area (Å²) >= 11 is 0. The highest BCUT2D eigenvalue weighted by molar-refractivity contribution is 5.91. The maximum absolute atomic E-state index is 13.1. The van der Waals surface area contributed by atoms with Crippen LogP contribution in [0.15, 0.2) is 48.5 Å². The predicted molar refractivity (Wildman–Crippen MR) is 95.4 cm³/mol. The van der Waals surface area contributed by atoms with Gasteiger partial charge in [-0.1, -0.05) is 18.2 Å². The molecule has 7 heteroatoms. The lowest BCUT2D eigenvalue weighted by Crippen LogP contribution is -2.28. The molecule has 2 aromatic rings. The molecule has 0 atom stereocenters. The van der Waals surface area contributed by atoms with Gasteiger partial charge in [-0.25, -0.2) is 9.18 Å². The van der Waals surface area contributed by atoms with Gasteiger partial charge in [0, 0.05) is 24.7 Å². The van der Waals surface area contributed by atoms with Crippen molar-refractivity contribution in [3.05, 3.63) is 59.9 Å². The van der Waals surface area contributed by atoms with Crippen LogP contribution in [0.5, 0.6) is 5.75 Å². The number of benzene rings is 2. The Kier molecular flexibility index (Phi) is 7.42. The first-order valence-corrected chi connectivity index (χ1v) is 8.24. The molecule has 0 saturated carbocycles. The summed E-state index contributed by atoms with van der Waals surface area (Å²) in [5.41, 5.74) is 1.45. The number of alkyl carbamates (subject to hydrolysis) is 1. The maximum Gasteiger partial charge on any atom is 0.407 e. The molecule has 0 heterocycles. The fourth-order valence-corrected chi connectivity index (χ4v) is 2.15. The average Bonchev–Trinajstić information content (AvgIpc) is 2.60. The van der Waals surface area contributed by atoms with E-state index in [2.05, 4.69) is 10.6 Å². The predicted octanol–water partition coefficient (Wildman–Crippen LogP) is 3.48. The van der Waals surface area contributed by atoms with Crippen LogP contribution in [0, 0.1) is 5.82 Å². The number of anilines is 1. The van der Waals surface area contributed by atoms with Crippen LogP contribution in [0.1, 0.15) is 18.9 Å². The van der Waals surface area contributed by atoms with Gasteiger partial charge in [-0.3, -0.25) is 4.79 Å². The van der Waals surface area contributed by atoms with Gasteiger partial charge >= 0.3 is 6.09 Å². The van der Waals surface area contributed by atoms with Crippen molar-refractivity contribution in [1.29, 1.82) is 0 Å². The highest BCUT2D eigenvalue weighted by Gasteiger charge is 2.06. The maximum atomic E-state index is 13.1. The first-order chi connectivity index (χ1) is 12.6. The second kappa shape index (κ2) is 10.0. The lowest BCUT2D eigenvalue weighted by Gasteiger charge is -2.09. The van der Waals surface area contributed by atoms with Crippen molar-refractivity contribution in [1.82, 2.24) is 5.32 Å². The minimum atomic E-state index is -0.545. The van der Waals surface area contributed by atoms with Crippen molar-refractivity contribution in [2.75, 3.05) is 18.5 Å². The molecule has 0 aliphatic carbocycles. The van der Waals surface area contributed by atoms with Gasteiger partial charge in [0.2, 0.25) is 5.91 Å². The third kappa shape index (κ3) is 6.80. The average molecular weight is 360 g/mol. The van der Waals surface area contributed by atoms with Crippen LogP contribution in [0.25, 0.3) is 0 Å². The number of carbonyl (C=O) groups is 2. The minimum absolute atomic E-state index is 0.128. The summed E-state index contributed by atoms with van der Waals surface area (Å²) in [5, 5.41) is 5.23. The summed E-state index contributed by atoms with van der Waals surface area (Å²) in [6.45, 7) is 2.42. The highest BCUT2D eigenvalue weighted by Crippen LogP contribution is 2.16. The van der Waals surface area contributed by atoms with E-state index in [1.165, 1.54) is 12.1 Å². The Balaban J connectivity index is 1.80. The molecule has 0 fully saturated rings. The van der Waals surface area contributed by atoms with E-state index < -0.39 is 6.09 Å². The lowest BCUT2D eigenvalue weighted by molar-refractivity contribution is -0.116. The first kappa shape index (κ1) is 19.2. The largest absolute Gasteiger partial charge is 0.489 e. The summed E-state index contributed by atoms with van der Waals surface area (Å²) in [4.78, 5) is 23.0. The Morgan fingerprint density at radius 1 is 1.12 bits per heavy atom. The summed E-state index contributed by atoms with van der Waals surface area (Å²) < 4.78 is 23.4. The fraction of sp³-hybridized carbons (Fsp3) is 0.263. The van der Waals surface area contributed by atoms with Gasteiger partial charge < -0.3 is 20.1 Å². The number of carbonyl (C=O) groups excluding carboxylic acids is 2. The summed E-state index contributed by atoms with van der Waals surface area (Å²) in [7, 11) is 0. The number of hydrogen-bond acceptors (Lipinski definition) is 4. The summed E-state index contributed by atoms with van der Waals surface area (Å²) in [6, 6.07) is 13.1. The van der Waals surface area contributed by atoms with E-state index in [9.17, 15) is 14.0 Å². The Labute approximate surface area is 151 Å². The van der Waals surface area contributed by atoms with Crippen molar-refractivity contribution in [3.8, 4) is 5.75 Å². The van der Waals surface area contributed by atoms with Crippen LogP contribution in [0.3, 0.4) is 0 Å². The second-order valence-corrected chi connectivity index (χ2v) is 5.39. The number of ether oxygens (including phenoxy) is 2. The zero-order chi connectivity index (χ0) is 18.8. The van der Waals surface area contributed by atoms with Gasteiger partial charge in [-0.05, 0) is 36.8 Å². The van der Waals surface area contributed by atoms with Crippen LogP contribution >= 0.6 is 0 Å².